The summed E-state index contributed by atoms with van der Waals surface area (Å²) >= 11 is 0. The van der Waals surface area contributed by atoms with Gasteiger partial charge in [0, 0.05) is 93.5 Å². The predicted molar refractivity (Wildman–Crippen MR) is 517 cm³/mol. The van der Waals surface area contributed by atoms with Gasteiger partial charge in [-0.2, -0.15) is 0 Å². The van der Waals surface area contributed by atoms with Crippen molar-refractivity contribution in [1.29, 1.82) is 0 Å². The molecule has 17 rings (SSSR count). The van der Waals surface area contributed by atoms with Crippen molar-refractivity contribution in [2.45, 2.75) is 507 Å². The maximum atomic E-state index is 5.32. The first-order valence-electron chi connectivity index (χ1n) is 51.5. The zero-order valence-electron chi connectivity index (χ0n) is 85.8. The molecule has 6 aliphatic carbocycles. The highest BCUT2D eigenvalue weighted by atomic mass is 16.5. The molecule has 0 unspecified atom stereocenters. The number of hydrogen-bond acceptors (Lipinski definition) is 11. The normalized spacial score (nSPS) is 27.5. The first-order chi connectivity index (χ1) is 54.5. The van der Waals surface area contributed by atoms with Crippen molar-refractivity contribution in [3.63, 3.8) is 0 Å². The van der Waals surface area contributed by atoms with Crippen molar-refractivity contribution < 1.29 is 4.74 Å². The Balaban J connectivity index is 0.000000164. The van der Waals surface area contributed by atoms with Gasteiger partial charge in [0.05, 0.1) is 13.2 Å². The summed E-state index contributed by atoms with van der Waals surface area (Å²) < 4.78 is 5.32. The van der Waals surface area contributed by atoms with Gasteiger partial charge < -0.3 is 4.74 Å². The van der Waals surface area contributed by atoms with Gasteiger partial charge in [-0.3, -0.25) is 49.0 Å². The summed E-state index contributed by atoms with van der Waals surface area (Å²) in [6.07, 6.45) is 55.6. The van der Waals surface area contributed by atoms with Crippen molar-refractivity contribution in [3.05, 3.63) is 0 Å². The van der Waals surface area contributed by atoms with Crippen LogP contribution in [0.4, 0.5) is 0 Å². The van der Waals surface area contributed by atoms with Crippen LogP contribution < -0.4 is 0 Å². The second kappa shape index (κ2) is 42.0. The Bertz CT molecular complexity index is 2730. The molecule has 118 heavy (non-hydrogen) atoms. The maximum Gasteiger partial charge on any atom is 0.0545 e. The van der Waals surface area contributed by atoms with E-state index in [9.17, 15) is 0 Å². The van der Waals surface area contributed by atoms with Crippen LogP contribution in [0.2, 0.25) is 0 Å². The summed E-state index contributed by atoms with van der Waals surface area (Å²) in [6.45, 7) is 98.4. The smallest absolute Gasteiger partial charge is 0.0545 e. The summed E-state index contributed by atoms with van der Waals surface area (Å²) in [4.78, 5) is 26.2. The van der Waals surface area contributed by atoms with Gasteiger partial charge in [0.25, 0.3) is 0 Å². The molecule has 0 aromatic carbocycles. The van der Waals surface area contributed by atoms with Gasteiger partial charge in [0.1, 0.15) is 0 Å². The number of nitrogens with zero attached hydrogens (tertiary/aromatic N) is 10. The topological polar surface area (TPSA) is 41.6 Å². The first kappa shape index (κ1) is 103. The van der Waals surface area contributed by atoms with Gasteiger partial charge in [0.2, 0.25) is 0 Å². The molecule has 0 radical (unpaired) electrons. The van der Waals surface area contributed by atoms with E-state index in [1.165, 1.54) is 375 Å². The van der Waals surface area contributed by atoms with Gasteiger partial charge in [-0.25, -0.2) is 0 Å². The van der Waals surface area contributed by atoms with Gasteiger partial charge in [-0.05, 0) is 512 Å². The van der Waals surface area contributed by atoms with Crippen LogP contribution in [-0.4, -0.2) is 248 Å². The van der Waals surface area contributed by atoms with E-state index in [4.69, 9.17) is 4.74 Å². The molecular weight excluding hydrogens is 1440 g/mol. The van der Waals surface area contributed by atoms with Crippen molar-refractivity contribution in [1.82, 2.24) is 49.0 Å². The highest BCUT2D eigenvalue weighted by Gasteiger charge is 2.52. The monoisotopic (exact) mass is 1650 g/mol. The number of ether oxygens (including phenoxy) is 1. The quantitative estimate of drug-likeness (QED) is 0.233. The first-order valence-corrected chi connectivity index (χ1v) is 51.5. The Morgan fingerprint density at radius 2 is 0.305 bits per heavy atom. The second-order valence-corrected chi connectivity index (χ2v) is 53.5. The molecule has 11 aliphatic heterocycles. The lowest BCUT2D eigenvalue weighted by atomic mass is 9.63. The van der Waals surface area contributed by atoms with E-state index >= 15 is 0 Å². The Morgan fingerprint density at radius 1 is 0.136 bits per heavy atom. The van der Waals surface area contributed by atoms with Crippen LogP contribution in [-0.2, 0) is 4.74 Å². The zero-order valence-corrected chi connectivity index (χ0v) is 85.8. The predicted octanol–water partition coefficient (Wildman–Crippen LogP) is 25.8. The van der Waals surface area contributed by atoms with Crippen molar-refractivity contribution in [2.75, 3.05) is 144 Å². The average molecular weight is 1650 g/mol. The number of piperidine rings is 4. The Kier molecular flexibility index (Phi) is 36.6. The van der Waals surface area contributed by atoms with Crippen molar-refractivity contribution >= 4 is 0 Å². The highest BCUT2D eigenvalue weighted by Crippen LogP contribution is 2.56. The summed E-state index contributed by atoms with van der Waals surface area (Å²) in [5.41, 5.74) is 9.24. The van der Waals surface area contributed by atoms with E-state index < -0.39 is 0 Å². The minimum Gasteiger partial charge on any atom is -0.380 e. The van der Waals surface area contributed by atoms with E-state index in [-0.39, 0.29) is 0 Å². The van der Waals surface area contributed by atoms with Crippen LogP contribution in [0, 0.1) is 37.9 Å². The summed E-state index contributed by atoms with van der Waals surface area (Å²) in [5.74, 6) is 0. The lowest BCUT2D eigenvalue weighted by Crippen LogP contribution is -2.63. The Hall–Kier alpha value is -0.440. The van der Waals surface area contributed by atoms with Crippen LogP contribution in [0.5, 0.6) is 0 Å². The fourth-order valence-corrected chi connectivity index (χ4v) is 22.9. The van der Waals surface area contributed by atoms with Crippen molar-refractivity contribution in [2.24, 2.45) is 37.9 Å². The van der Waals surface area contributed by atoms with E-state index in [0.717, 1.165) is 45.7 Å². The highest BCUT2D eigenvalue weighted by molar-refractivity contribution is 5.05. The number of likely N-dealkylation sites (tertiary alicyclic amines) is 10. The third-order valence-electron chi connectivity index (χ3n) is 33.8. The van der Waals surface area contributed by atoms with Crippen LogP contribution in [0.1, 0.15) is 452 Å². The summed E-state index contributed by atoms with van der Waals surface area (Å²) in [5, 5.41) is 0. The second-order valence-electron chi connectivity index (χ2n) is 53.5. The Morgan fingerprint density at radius 3 is 0.517 bits per heavy atom. The third-order valence-corrected chi connectivity index (χ3v) is 33.8. The van der Waals surface area contributed by atoms with Gasteiger partial charge in [-0.1, -0.05) is 70.6 Å². The van der Waals surface area contributed by atoms with E-state index in [1.54, 1.807) is 0 Å². The maximum absolute atomic E-state index is 5.32. The molecular formula is C107H210N10O. The molecule has 0 N–H and O–H groups in total. The molecule has 17 fully saturated rings. The zero-order chi connectivity index (χ0) is 87.4. The summed E-state index contributed by atoms with van der Waals surface area (Å²) in [7, 11) is 0. The molecule has 0 atom stereocenters. The largest absolute Gasteiger partial charge is 0.380 e. The van der Waals surface area contributed by atoms with Crippen LogP contribution in [0.15, 0.2) is 0 Å². The molecule has 0 amide bonds. The van der Waals surface area contributed by atoms with E-state index in [0.29, 0.717) is 60.8 Å². The molecule has 0 aromatic heterocycles. The number of rotatable bonds is 0. The molecule has 11 heteroatoms. The van der Waals surface area contributed by atoms with E-state index in [2.05, 4.69) is 257 Å². The SMILES string of the molecule is CC(C)(C)N1CC2(CCCCC2)C1.CC(C)(C)N1CCC2(CC1)CC2.CC(C)(C)N1CCC2(CC1)COC2.CC(C)(C)N1CCC2(CC2)C1.CC(C)(C)N1CCC2(CCC2)C1.CC(C)(C)N1CCC2(CCC2)CC1.CC(C)(C)N1CCC2(CCCCC2)C1.CC(C)(C)N1CCCC1.CC(C)(C)N1CCCCC1.CC(C)(C)N1CCCCCC1. The molecule has 694 valence electrons. The molecule has 6 saturated carbocycles. The standard InChI is InChI=1S/C13H25N.2C12H23N.C11H21NO.2C11H21N.C10H19N.C10H21N.C9H19N.C8H17N/c1-12(2,3)14-10-9-13(11-14)7-5-4-6-8-13;1-11(2,3)13-9-7-12(8-10-13)5-4-6-12;1-11(2,3)13-9-12(10-13)7-5-4-6-8-12;1-10(2,3)12-6-4-11(5-7-12)8-13-9-11;1-10(2,3)12-8-6-11(4-5-11)7-9-12;1-10(2,3)12-8-7-11(9-12)5-4-6-11;1-9(2,3)11-7-6-10(8-11)4-5-10;1-10(2,3)11-8-6-4-5-7-9-11;1-9(2,3)10-7-5-4-6-8-10;1-8(2,3)9-6-4-5-7-9/h4-11H2,1-3H3;2*4-10H2,1-3H3;4-9H2,1-3H3;2*4-9H2,1-3H3;4-8H2,1-3H3;4-9H2,1-3H3;4-8H2,1-3H3;4-7H2,1-3H3. The van der Waals surface area contributed by atoms with Crippen molar-refractivity contribution in [3.8, 4) is 0 Å². The molecule has 0 aromatic rings. The lowest BCUT2D eigenvalue weighted by Gasteiger charge is -2.57. The van der Waals surface area contributed by atoms with Crippen LogP contribution in [0.3, 0.4) is 0 Å². The van der Waals surface area contributed by atoms with Crippen LogP contribution >= 0.6 is 0 Å². The lowest BCUT2D eigenvalue weighted by molar-refractivity contribution is -0.145. The molecule has 11 saturated heterocycles. The molecule has 17 aliphatic rings. The fourth-order valence-electron chi connectivity index (χ4n) is 22.9. The van der Waals surface area contributed by atoms with Crippen LogP contribution in [0.25, 0.3) is 0 Å². The third kappa shape index (κ3) is 32.3. The minimum atomic E-state index is 0.353. The molecule has 11 heterocycles. The number of hydrogen-bond donors (Lipinski definition) is 0. The fraction of sp³-hybridized carbons (Fsp3) is 1.00. The van der Waals surface area contributed by atoms with Gasteiger partial charge in [-0.15, -0.1) is 0 Å². The average Bonchev–Trinajstić information content (AvgIpc) is 1.08. The molecule has 7 spiro atoms. The van der Waals surface area contributed by atoms with Gasteiger partial charge >= 0.3 is 0 Å². The van der Waals surface area contributed by atoms with Gasteiger partial charge in [0.15, 0.2) is 0 Å². The summed E-state index contributed by atoms with van der Waals surface area (Å²) in [6, 6.07) is 0. The minimum absolute atomic E-state index is 0.353. The van der Waals surface area contributed by atoms with E-state index in [1.807, 2.05) is 0 Å². The Labute approximate surface area is 738 Å². The molecule has 11 nitrogen and oxygen atoms in total. The molecule has 0 bridgehead atoms.